The Labute approximate surface area is 87.4 Å². The molecule has 0 bridgehead atoms. The number of ether oxygens (including phenoxy) is 2. The van der Waals surface area contributed by atoms with Crippen molar-refractivity contribution in [2.75, 3.05) is 26.4 Å². The molecule has 0 aliphatic rings. The number of aliphatic hydroxyl groups is 1. The lowest BCUT2D eigenvalue weighted by Crippen LogP contribution is -2.09. The molecule has 86 valence electrons. The lowest BCUT2D eigenvalue weighted by atomic mass is 10.2. The molecular formula is C11H24O3. The summed E-state index contributed by atoms with van der Waals surface area (Å²) in [4.78, 5) is 0. The Morgan fingerprint density at radius 1 is 1.00 bits per heavy atom. The maximum Gasteiger partial charge on any atom is 0.0700 e. The van der Waals surface area contributed by atoms with Gasteiger partial charge in [-0.05, 0) is 25.7 Å². The molecule has 0 spiro atoms. The van der Waals surface area contributed by atoms with E-state index in [2.05, 4.69) is 6.92 Å². The third kappa shape index (κ3) is 9.96. The molecule has 0 saturated heterocycles. The quantitative estimate of drug-likeness (QED) is 0.553. The van der Waals surface area contributed by atoms with E-state index in [0.717, 1.165) is 38.9 Å². The molecule has 0 aromatic carbocycles. The predicted octanol–water partition coefficient (Wildman–Crippen LogP) is 1.98. The van der Waals surface area contributed by atoms with Crippen LogP contribution < -0.4 is 0 Å². The second-order valence-corrected chi connectivity index (χ2v) is 3.43. The third-order valence-corrected chi connectivity index (χ3v) is 2.02. The molecular weight excluding hydrogens is 180 g/mol. The second kappa shape index (κ2) is 11.0. The minimum absolute atomic E-state index is 0.157. The second-order valence-electron chi connectivity index (χ2n) is 3.43. The number of hydrogen-bond acceptors (Lipinski definition) is 3. The molecule has 0 aliphatic carbocycles. The average Bonchev–Trinajstić information content (AvgIpc) is 2.21. The van der Waals surface area contributed by atoms with Gasteiger partial charge in [-0.2, -0.15) is 0 Å². The molecule has 0 aromatic rings. The third-order valence-electron chi connectivity index (χ3n) is 2.02. The Hall–Kier alpha value is -0.120. The van der Waals surface area contributed by atoms with Crippen molar-refractivity contribution in [1.29, 1.82) is 0 Å². The fraction of sp³-hybridized carbons (Fsp3) is 1.00. The minimum Gasteiger partial charge on any atom is -0.393 e. The van der Waals surface area contributed by atoms with E-state index in [-0.39, 0.29) is 6.10 Å². The lowest BCUT2D eigenvalue weighted by molar-refractivity contribution is 0.0422. The number of aliphatic hydroxyl groups excluding tert-OH is 1. The Morgan fingerprint density at radius 3 is 2.21 bits per heavy atom. The monoisotopic (exact) mass is 204 g/mol. The minimum atomic E-state index is -0.157. The maximum absolute atomic E-state index is 9.25. The molecule has 0 rings (SSSR count). The van der Waals surface area contributed by atoms with Gasteiger partial charge >= 0.3 is 0 Å². The summed E-state index contributed by atoms with van der Waals surface area (Å²) >= 11 is 0. The van der Waals surface area contributed by atoms with E-state index in [1.807, 2.05) is 6.92 Å². The smallest absolute Gasteiger partial charge is 0.0700 e. The molecule has 0 aliphatic heterocycles. The van der Waals surface area contributed by atoms with E-state index in [0.29, 0.717) is 13.2 Å². The first-order chi connectivity index (χ1) is 6.81. The van der Waals surface area contributed by atoms with E-state index in [1.165, 1.54) is 0 Å². The van der Waals surface area contributed by atoms with Crippen molar-refractivity contribution in [2.24, 2.45) is 0 Å². The highest BCUT2D eigenvalue weighted by molar-refractivity contribution is 4.51. The van der Waals surface area contributed by atoms with Crippen LogP contribution in [0, 0.1) is 0 Å². The van der Waals surface area contributed by atoms with Crippen LogP contribution in [0.2, 0.25) is 0 Å². The van der Waals surface area contributed by atoms with Gasteiger partial charge in [-0.1, -0.05) is 13.8 Å². The van der Waals surface area contributed by atoms with Crippen LogP contribution in [0.3, 0.4) is 0 Å². The highest BCUT2D eigenvalue weighted by atomic mass is 16.5. The van der Waals surface area contributed by atoms with E-state index in [4.69, 9.17) is 9.47 Å². The van der Waals surface area contributed by atoms with Gasteiger partial charge in [0, 0.05) is 13.2 Å². The van der Waals surface area contributed by atoms with Crippen molar-refractivity contribution in [3.05, 3.63) is 0 Å². The zero-order valence-electron chi connectivity index (χ0n) is 9.50. The van der Waals surface area contributed by atoms with E-state index < -0.39 is 0 Å². The Morgan fingerprint density at radius 2 is 1.64 bits per heavy atom. The first-order valence-corrected chi connectivity index (χ1v) is 5.64. The Kier molecular flexibility index (Phi) is 10.9. The van der Waals surface area contributed by atoms with E-state index >= 15 is 0 Å². The Balaban J connectivity index is 2.92. The van der Waals surface area contributed by atoms with Gasteiger partial charge in [0.25, 0.3) is 0 Å². The van der Waals surface area contributed by atoms with Gasteiger partial charge in [-0.3, -0.25) is 0 Å². The fourth-order valence-corrected chi connectivity index (χ4v) is 1.09. The molecule has 14 heavy (non-hydrogen) atoms. The predicted molar refractivity (Wildman–Crippen MR) is 57.5 cm³/mol. The van der Waals surface area contributed by atoms with Crippen LogP contribution in [0.15, 0.2) is 0 Å². The first kappa shape index (κ1) is 13.9. The van der Waals surface area contributed by atoms with E-state index in [1.54, 1.807) is 0 Å². The van der Waals surface area contributed by atoms with Gasteiger partial charge in [-0.25, -0.2) is 0 Å². The molecule has 0 radical (unpaired) electrons. The van der Waals surface area contributed by atoms with Crippen LogP contribution in [0.4, 0.5) is 0 Å². The summed E-state index contributed by atoms with van der Waals surface area (Å²) in [5.74, 6) is 0. The van der Waals surface area contributed by atoms with Crippen LogP contribution in [0.1, 0.15) is 39.5 Å². The summed E-state index contributed by atoms with van der Waals surface area (Å²) < 4.78 is 10.6. The molecule has 0 fully saturated rings. The van der Waals surface area contributed by atoms with Crippen LogP contribution in [0.5, 0.6) is 0 Å². The summed E-state index contributed by atoms with van der Waals surface area (Å²) in [6.07, 6.45) is 3.51. The largest absolute Gasteiger partial charge is 0.393 e. The van der Waals surface area contributed by atoms with Gasteiger partial charge in [0.1, 0.15) is 0 Å². The standard InChI is InChI=1S/C11H24O3/c1-3-7-13-9-10-14-8-5-6-11(12)4-2/h11-12H,3-10H2,1-2H3. The summed E-state index contributed by atoms with van der Waals surface area (Å²) in [5.41, 5.74) is 0. The van der Waals surface area contributed by atoms with Gasteiger partial charge in [-0.15, -0.1) is 0 Å². The Bertz CT molecular complexity index is 107. The number of hydrogen-bond donors (Lipinski definition) is 1. The molecule has 3 heteroatoms. The summed E-state index contributed by atoms with van der Waals surface area (Å²) in [6.45, 7) is 6.98. The lowest BCUT2D eigenvalue weighted by Gasteiger charge is -2.07. The molecule has 1 atom stereocenters. The molecule has 1 unspecified atom stereocenters. The van der Waals surface area contributed by atoms with Crippen LogP contribution >= 0.6 is 0 Å². The van der Waals surface area contributed by atoms with E-state index in [9.17, 15) is 5.11 Å². The molecule has 0 saturated carbocycles. The molecule has 0 amide bonds. The SMILES string of the molecule is CCCOCCOCCCC(O)CC. The zero-order chi connectivity index (χ0) is 10.6. The van der Waals surface area contributed by atoms with Crippen LogP contribution in [-0.4, -0.2) is 37.6 Å². The van der Waals surface area contributed by atoms with Crippen molar-refractivity contribution in [3.63, 3.8) is 0 Å². The van der Waals surface area contributed by atoms with Crippen LogP contribution in [0.25, 0.3) is 0 Å². The normalized spacial score (nSPS) is 13.1. The first-order valence-electron chi connectivity index (χ1n) is 5.64. The van der Waals surface area contributed by atoms with Crippen molar-refractivity contribution in [3.8, 4) is 0 Å². The molecule has 3 nitrogen and oxygen atoms in total. The average molecular weight is 204 g/mol. The highest BCUT2D eigenvalue weighted by Gasteiger charge is 1.99. The maximum atomic E-state index is 9.25. The van der Waals surface area contributed by atoms with Crippen molar-refractivity contribution < 1.29 is 14.6 Å². The fourth-order valence-electron chi connectivity index (χ4n) is 1.09. The van der Waals surface area contributed by atoms with Crippen LogP contribution in [-0.2, 0) is 9.47 Å². The topological polar surface area (TPSA) is 38.7 Å². The summed E-state index contributed by atoms with van der Waals surface area (Å²) in [6, 6.07) is 0. The zero-order valence-corrected chi connectivity index (χ0v) is 9.50. The summed E-state index contributed by atoms with van der Waals surface area (Å²) in [7, 11) is 0. The van der Waals surface area contributed by atoms with Crippen molar-refractivity contribution in [1.82, 2.24) is 0 Å². The van der Waals surface area contributed by atoms with Gasteiger partial charge in [0.05, 0.1) is 19.3 Å². The van der Waals surface area contributed by atoms with Crippen molar-refractivity contribution >= 4 is 0 Å². The molecule has 0 aromatic heterocycles. The molecule has 1 N–H and O–H groups in total. The van der Waals surface area contributed by atoms with Gasteiger partial charge < -0.3 is 14.6 Å². The highest BCUT2D eigenvalue weighted by Crippen LogP contribution is 2.00. The summed E-state index contributed by atoms with van der Waals surface area (Å²) in [5, 5.41) is 9.25. The van der Waals surface area contributed by atoms with Crippen molar-refractivity contribution in [2.45, 2.75) is 45.6 Å². The van der Waals surface area contributed by atoms with Gasteiger partial charge in [0.15, 0.2) is 0 Å². The number of rotatable bonds is 10. The molecule has 0 heterocycles. The van der Waals surface area contributed by atoms with Gasteiger partial charge in [0.2, 0.25) is 0 Å².